The molecule has 0 atom stereocenters. The Morgan fingerprint density at radius 3 is 2.52 bits per heavy atom. The van der Waals surface area contributed by atoms with Gasteiger partial charge in [-0.3, -0.25) is 5.32 Å². The highest BCUT2D eigenvalue weighted by molar-refractivity contribution is 5.99. The van der Waals surface area contributed by atoms with E-state index in [1.807, 2.05) is 42.5 Å². The monoisotopic (exact) mass is 561 g/mol. The van der Waals surface area contributed by atoms with E-state index in [2.05, 4.69) is 57.7 Å². The quantitative estimate of drug-likeness (QED) is 0.197. The van der Waals surface area contributed by atoms with Gasteiger partial charge in [0.25, 0.3) is 0 Å². The molecular weight excluding hydrogens is 530 g/mol. The Kier molecular flexibility index (Phi) is 6.91. The summed E-state index contributed by atoms with van der Waals surface area (Å²) in [6.07, 6.45) is 5.57. The molecule has 1 aliphatic rings. The lowest BCUT2D eigenvalue weighted by Crippen LogP contribution is -2.21. The number of aromatic nitrogens is 5. The van der Waals surface area contributed by atoms with Crippen LogP contribution in [0.15, 0.2) is 79.3 Å². The molecule has 4 heterocycles. The normalized spacial score (nSPS) is 12.4. The first-order chi connectivity index (χ1) is 20.2. The molecule has 3 aromatic heterocycles. The first kappa shape index (κ1) is 26.8. The molecule has 0 saturated carbocycles. The van der Waals surface area contributed by atoms with Crippen molar-refractivity contribution in [2.24, 2.45) is 0 Å². The van der Waals surface area contributed by atoms with E-state index >= 15 is 0 Å². The molecule has 0 radical (unpaired) electrons. The van der Waals surface area contributed by atoms with E-state index in [9.17, 15) is 4.79 Å². The number of benzene rings is 2. The number of urea groups is 1. The van der Waals surface area contributed by atoms with Gasteiger partial charge in [-0.15, -0.1) is 0 Å². The lowest BCUT2D eigenvalue weighted by Gasteiger charge is -2.14. The molecule has 0 aliphatic carbocycles. The average molecular weight is 562 g/mol. The maximum absolute atomic E-state index is 13.0. The fraction of sp³-hybridized carbons (Fsp3) is 0.194. The summed E-state index contributed by atoms with van der Waals surface area (Å²) < 4.78 is 7.54. The number of amides is 2. The van der Waals surface area contributed by atoms with Gasteiger partial charge < -0.3 is 21.1 Å². The van der Waals surface area contributed by atoms with E-state index in [4.69, 9.17) is 15.6 Å². The Morgan fingerprint density at radius 2 is 1.79 bits per heavy atom. The van der Waals surface area contributed by atoms with Crippen molar-refractivity contribution in [2.45, 2.75) is 32.6 Å². The second-order valence-corrected chi connectivity index (χ2v) is 11.0. The van der Waals surface area contributed by atoms with E-state index in [-0.39, 0.29) is 11.4 Å². The molecule has 0 unspecified atom stereocenters. The highest BCUT2D eigenvalue weighted by Crippen LogP contribution is 2.30. The molecule has 11 nitrogen and oxygen atoms in total. The summed E-state index contributed by atoms with van der Waals surface area (Å²) in [5, 5.41) is 13.9. The van der Waals surface area contributed by atoms with Crippen molar-refractivity contribution in [1.29, 1.82) is 0 Å². The van der Waals surface area contributed by atoms with Crippen LogP contribution in [-0.4, -0.2) is 37.3 Å². The van der Waals surface area contributed by atoms with Crippen LogP contribution in [0.2, 0.25) is 0 Å². The SMILES string of the molecule is CC(C)(C)c1cc(NC(=O)Nc2cnc(Oc3ccc(-c4cccnc4N)cc3)nc2)n(-c2ccc3c(c2)CCN3)n1. The van der Waals surface area contributed by atoms with Crippen LogP contribution >= 0.6 is 0 Å². The van der Waals surface area contributed by atoms with Gasteiger partial charge in [0.05, 0.1) is 29.5 Å². The van der Waals surface area contributed by atoms with Crippen LogP contribution in [0.25, 0.3) is 16.8 Å². The van der Waals surface area contributed by atoms with Crippen LogP contribution in [0, 0.1) is 0 Å². The number of ether oxygens (including phenoxy) is 1. The zero-order chi connectivity index (χ0) is 29.3. The predicted octanol–water partition coefficient (Wildman–Crippen LogP) is 6.01. The number of nitrogen functional groups attached to an aromatic ring is 1. The number of hydrogen-bond donors (Lipinski definition) is 4. The third-order valence-corrected chi connectivity index (χ3v) is 6.86. The Bertz CT molecular complexity index is 1740. The topological polar surface area (TPSA) is 145 Å². The smallest absolute Gasteiger partial charge is 0.324 e. The minimum absolute atomic E-state index is 0.147. The summed E-state index contributed by atoms with van der Waals surface area (Å²) >= 11 is 0. The predicted molar refractivity (Wildman–Crippen MR) is 163 cm³/mol. The molecule has 11 heteroatoms. The van der Waals surface area contributed by atoms with Gasteiger partial charge in [0.1, 0.15) is 17.4 Å². The summed E-state index contributed by atoms with van der Waals surface area (Å²) in [5.74, 6) is 1.58. The maximum Gasteiger partial charge on any atom is 0.324 e. The first-order valence-corrected chi connectivity index (χ1v) is 13.6. The number of nitrogens with two attached hydrogens (primary N) is 1. The van der Waals surface area contributed by atoms with E-state index < -0.39 is 6.03 Å². The lowest BCUT2D eigenvalue weighted by atomic mass is 9.92. The van der Waals surface area contributed by atoms with Crippen LogP contribution in [0.3, 0.4) is 0 Å². The number of nitrogens with zero attached hydrogens (tertiary/aromatic N) is 5. The van der Waals surface area contributed by atoms with Gasteiger partial charge >= 0.3 is 12.0 Å². The molecule has 5 N–H and O–H groups in total. The van der Waals surface area contributed by atoms with Crippen molar-refractivity contribution >= 4 is 29.0 Å². The lowest BCUT2D eigenvalue weighted by molar-refractivity contribution is 0.262. The summed E-state index contributed by atoms with van der Waals surface area (Å²) in [6, 6.07) is 18.9. The van der Waals surface area contributed by atoms with Crippen molar-refractivity contribution in [1.82, 2.24) is 24.7 Å². The molecule has 42 heavy (non-hydrogen) atoms. The van der Waals surface area contributed by atoms with E-state index in [1.54, 1.807) is 23.0 Å². The molecule has 2 amide bonds. The molecule has 0 fully saturated rings. The van der Waals surface area contributed by atoms with Crippen molar-refractivity contribution < 1.29 is 9.53 Å². The summed E-state index contributed by atoms with van der Waals surface area (Å²) in [7, 11) is 0. The molecule has 1 aliphatic heterocycles. The fourth-order valence-corrected chi connectivity index (χ4v) is 4.64. The summed E-state index contributed by atoms with van der Waals surface area (Å²) in [4.78, 5) is 25.6. The zero-order valence-corrected chi connectivity index (χ0v) is 23.5. The van der Waals surface area contributed by atoms with Gasteiger partial charge in [-0.05, 0) is 60.0 Å². The van der Waals surface area contributed by atoms with Gasteiger partial charge in [0.15, 0.2) is 0 Å². The molecule has 2 aromatic carbocycles. The Hall–Kier alpha value is -5.45. The molecule has 0 saturated heterocycles. The van der Waals surface area contributed by atoms with Crippen LogP contribution in [0.1, 0.15) is 32.0 Å². The van der Waals surface area contributed by atoms with Crippen molar-refractivity contribution in [2.75, 3.05) is 28.2 Å². The number of carbonyl (C=O) groups is 1. The van der Waals surface area contributed by atoms with Crippen molar-refractivity contribution in [3.8, 4) is 28.6 Å². The second-order valence-electron chi connectivity index (χ2n) is 11.0. The van der Waals surface area contributed by atoms with Gasteiger partial charge in [0.2, 0.25) is 0 Å². The second kappa shape index (κ2) is 10.8. The first-order valence-electron chi connectivity index (χ1n) is 13.6. The molecular formula is C31H31N9O2. The van der Waals surface area contributed by atoms with Gasteiger partial charge in [0, 0.05) is 35.5 Å². The number of fused-ring (bicyclic) bond motifs is 1. The van der Waals surface area contributed by atoms with Crippen LogP contribution < -0.4 is 26.4 Å². The van der Waals surface area contributed by atoms with Crippen LogP contribution in [0.4, 0.5) is 27.8 Å². The van der Waals surface area contributed by atoms with E-state index in [0.29, 0.717) is 23.1 Å². The van der Waals surface area contributed by atoms with Crippen molar-refractivity contribution in [3.63, 3.8) is 0 Å². The molecule has 5 aromatic rings. The molecule has 0 spiro atoms. The third-order valence-electron chi connectivity index (χ3n) is 6.86. The molecule has 212 valence electrons. The van der Waals surface area contributed by atoms with Gasteiger partial charge in [-0.2, -0.15) is 5.10 Å². The highest BCUT2D eigenvalue weighted by atomic mass is 16.5. The summed E-state index contributed by atoms with van der Waals surface area (Å²) in [5.41, 5.74) is 12.0. The number of pyridine rings is 1. The minimum atomic E-state index is -0.443. The van der Waals surface area contributed by atoms with Crippen LogP contribution in [0.5, 0.6) is 11.8 Å². The minimum Gasteiger partial charge on any atom is -0.424 e. The standard InChI is InChI=1S/C31H31N9O2/c1-31(2,3)26-16-27(40(39-26)22-8-11-25-20(15-22)12-14-33-25)38-29(41)37-21-17-35-30(36-18-21)42-23-9-6-19(7-10-23)24-5-4-13-34-28(24)32/h4-11,13,15-18,33H,12,14H2,1-3H3,(H2,32,34)(H2,37,38,41). The average Bonchev–Trinajstić information content (AvgIpc) is 3.62. The van der Waals surface area contributed by atoms with Gasteiger partial charge in [-0.1, -0.05) is 32.9 Å². The van der Waals surface area contributed by atoms with E-state index in [0.717, 1.165) is 41.2 Å². The summed E-state index contributed by atoms with van der Waals surface area (Å²) in [6.45, 7) is 7.17. The van der Waals surface area contributed by atoms with E-state index in [1.165, 1.54) is 18.0 Å². The van der Waals surface area contributed by atoms with Crippen molar-refractivity contribution in [3.05, 3.63) is 90.5 Å². The third kappa shape index (κ3) is 5.71. The Morgan fingerprint density at radius 1 is 1.00 bits per heavy atom. The number of nitrogens with one attached hydrogen (secondary N) is 3. The largest absolute Gasteiger partial charge is 0.424 e. The number of hydrogen-bond acceptors (Lipinski definition) is 8. The maximum atomic E-state index is 13.0. The Labute approximate surface area is 243 Å². The highest BCUT2D eigenvalue weighted by Gasteiger charge is 2.22. The molecule has 0 bridgehead atoms. The zero-order valence-electron chi connectivity index (χ0n) is 23.5. The fourth-order valence-electron chi connectivity index (χ4n) is 4.64. The Balaban J connectivity index is 1.13. The number of anilines is 4. The number of rotatable bonds is 6. The number of carbonyl (C=O) groups excluding carboxylic acids is 1. The van der Waals surface area contributed by atoms with Crippen LogP contribution in [-0.2, 0) is 11.8 Å². The molecule has 6 rings (SSSR count). The van der Waals surface area contributed by atoms with Gasteiger partial charge in [-0.25, -0.2) is 24.4 Å².